The summed E-state index contributed by atoms with van der Waals surface area (Å²) >= 11 is 6.27. The number of carbonyl (C=O) groups is 1. The maximum atomic E-state index is 12.8. The van der Waals surface area contributed by atoms with Crippen LogP contribution in [-0.4, -0.2) is 23.9 Å². The number of piperidine rings is 1. The second-order valence-corrected chi connectivity index (χ2v) is 7.84. The highest BCUT2D eigenvalue weighted by Gasteiger charge is 2.36. The van der Waals surface area contributed by atoms with Crippen LogP contribution < -0.4 is 5.32 Å². The van der Waals surface area contributed by atoms with Crippen LogP contribution in [0.25, 0.3) is 0 Å². The molecule has 1 saturated heterocycles. The molecule has 2 aromatic rings. The number of nitrogens with zero attached hydrogens (tertiary/aromatic N) is 1. The number of amides is 1. The van der Waals surface area contributed by atoms with Gasteiger partial charge < -0.3 is 5.32 Å². The van der Waals surface area contributed by atoms with Gasteiger partial charge in [0.25, 0.3) is 0 Å². The minimum absolute atomic E-state index is 0.124. The first-order chi connectivity index (χ1) is 12.5. The molecule has 0 bridgehead atoms. The number of aryl methyl sites for hydroxylation is 1. The highest BCUT2D eigenvalue weighted by Crippen LogP contribution is 2.33. The smallest absolute Gasteiger partial charge is 0.230 e. The van der Waals surface area contributed by atoms with Crippen LogP contribution in [0, 0.1) is 5.41 Å². The Labute approximate surface area is 161 Å². The molecule has 26 heavy (non-hydrogen) atoms. The van der Waals surface area contributed by atoms with Crippen molar-refractivity contribution in [1.82, 2.24) is 4.90 Å². The first-order valence-electron chi connectivity index (χ1n) is 9.36. The molecule has 0 unspecified atom stereocenters. The average Bonchev–Trinajstić information content (AvgIpc) is 2.66. The Morgan fingerprint density at radius 2 is 1.77 bits per heavy atom. The molecule has 1 amide bonds. The first kappa shape index (κ1) is 18.9. The highest BCUT2D eigenvalue weighted by molar-refractivity contribution is 6.31. The summed E-state index contributed by atoms with van der Waals surface area (Å²) in [5.74, 6) is 0.124. The topological polar surface area (TPSA) is 32.3 Å². The monoisotopic (exact) mass is 370 g/mol. The molecule has 1 aliphatic rings. The molecule has 1 aliphatic heterocycles. The number of hydrogen-bond donors (Lipinski definition) is 1. The SMILES string of the molecule is CCc1ccc(NC(=O)C2(C)CCN(Cc3ccccc3Cl)CC2)cc1. The first-order valence-corrected chi connectivity index (χ1v) is 9.74. The van der Waals surface area contributed by atoms with E-state index in [9.17, 15) is 4.79 Å². The summed E-state index contributed by atoms with van der Waals surface area (Å²) < 4.78 is 0. The van der Waals surface area contributed by atoms with Gasteiger partial charge in [0.05, 0.1) is 0 Å². The maximum Gasteiger partial charge on any atom is 0.230 e. The molecule has 1 N–H and O–H groups in total. The van der Waals surface area contributed by atoms with Crippen molar-refractivity contribution in [3.63, 3.8) is 0 Å². The number of hydrogen-bond acceptors (Lipinski definition) is 2. The van der Waals surface area contributed by atoms with Crippen LogP contribution in [0.15, 0.2) is 48.5 Å². The number of nitrogens with one attached hydrogen (secondary N) is 1. The molecular formula is C22H27ClN2O. The van der Waals surface area contributed by atoms with Gasteiger partial charge in [0.1, 0.15) is 0 Å². The summed E-state index contributed by atoms with van der Waals surface area (Å²) in [6.07, 6.45) is 2.72. The summed E-state index contributed by atoms with van der Waals surface area (Å²) in [6, 6.07) is 16.1. The molecule has 0 atom stereocenters. The number of halogens is 1. The minimum atomic E-state index is -0.319. The summed E-state index contributed by atoms with van der Waals surface area (Å²) in [6.45, 7) is 6.87. The predicted octanol–water partition coefficient (Wildman–Crippen LogP) is 5.14. The normalized spacial score (nSPS) is 17.0. The molecule has 0 saturated carbocycles. The molecule has 0 aliphatic carbocycles. The van der Waals surface area contributed by atoms with Gasteiger partial charge in [-0.25, -0.2) is 0 Å². The third-order valence-electron chi connectivity index (χ3n) is 5.48. The van der Waals surface area contributed by atoms with E-state index in [1.165, 1.54) is 5.56 Å². The van der Waals surface area contributed by atoms with E-state index in [0.717, 1.165) is 55.2 Å². The van der Waals surface area contributed by atoms with Gasteiger partial charge in [-0.15, -0.1) is 0 Å². The lowest BCUT2D eigenvalue weighted by molar-refractivity contribution is -0.127. The molecule has 4 heteroatoms. The Bertz CT molecular complexity index is 749. The summed E-state index contributed by atoms with van der Waals surface area (Å²) in [4.78, 5) is 15.2. The van der Waals surface area contributed by atoms with Crippen molar-refractivity contribution < 1.29 is 4.79 Å². The van der Waals surface area contributed by atoms with E-state index in [4.69, 9.17) is 11.6 Å². The van der Waals surface area contributed by atoms with Crippen molar-refractivity contribution >= 4 is 23.2 Å². The van der Waals surface area contributed by atoms with Crippen molar-refractivity contribution in [3.8, 4) is 0 Å². The Morgan fingerprint density at radius 1 is 1.12 bits per heavy atom. The summed E-state index contributed by atoms with van der Waals surface area (Å²) in [5.41, 5.74) is 2.99. The Morgan fingerprint density at radius 3 is 2.38 bits per heavy atom. The number of likely N-dealkylation sites (tertiary alicyclic amines) is 1. The van der Waals surface area contributed by atoms with Crippen molar-refractivity contribution in [2.45, 2.75) is 39.7 Å². The second-order valence-electron chi connectivity index (χ2n) is 7.43. The van der Waals surface area contributed by atoms with Crippen LogP contribution in [0.4, 0.5) is 5.69 Å². The van der Waals surface area contributed by atoms with Crippen molar-refractivity contribution in [2.24, 2.45) is 5.41 Å². The number of rotatable bonds is 5. The van der Waals surface area contributed by atoms with Crippen molar-refractivity contribution in [2.75, 3.05) is 18.4 Å². The molecule has 1 fully saturated rings. The molecule has 2 aromatic carbocycles. The molecule has 3 rings (SSSR count). The standard InChI is InChI=1S/C22H27ClN2O/c1-3-17-8-10-19(11-9-17)24-21(26)22(2)12-14-25(15-13-22)16-18-6-4-5-7-20(18)23/h4-11H,3,12-16H2,1-2H3,(H,24,26). The summed E-state index contributed by atoms with van der Waals surface area (Å²) in [7, 11) is 0. The van der Waals surface area contributed by atoms with E-state index >= 15 is 0 Å². The highest BCUT2D eigenvalue weighted by atomic mass is 35.5. The third kappa shape index (κ3) is 4.46. The van der Waals surface area contributed by atoms with Gasteiger partial charge in [0.15, 0.2) is 0 Å². The van der Waals surface area contributed by atoms with Crippen LogP contribution in [0.5, 0.6) is 0 Å². The lowest BCUT2D eigenvalue weighted by atomic mass is 9.79. The number of benzene rings is 2. The number of carbonyl (C=O) groups excluding carboxylic acids is 1. The zero-order chi connectivity index (χ0) is 18.6. The molecular weight excluding hydrogens is 344 g/mol. The molecule has 3 nitrogen and oxygen atoms in total. The predicted molar refractivity (Wildman–Crippen MR) is 109 cm³/mol. The van der Waals surface area contributed by atoms with Crippen molar-refractivity contribution in [1.29, 1.82) is 0 Å². The van der Waals surface area contributed by atoms with Gasteiger partial charge in [-0.2, -0.15) is 0 Å². The van der Waals surface area contributed by atoms with Crippen LogP contribution in [0.1, 0.15) is 37.8 Å². The van der Waals surface area contributed by atoms with Gasteiger partial charge in [0.2, 0.25) is 5.91 Å². The van der Waals surface area contributed by atoms with Gasteiger partial charge in [-0.05, 0) is 61.7 Å². The molecule has 0 radical (unpaired) electrons. The zero-order valence-electron chi connectivity index (χ0n) is 15.6. The second kappa shape index (κ2) is 8.24. The van der Waals surface area contributed by atoms with E-state index in [0.29, 0.717) is 0 Å². The van der Waals surface area contributed by atoms with E-state index in [2.05, 4.69) is 42.3 Å². The lowest BCUT2D eigenvalue weighted by Gasteiger charge is -2.38. The average molecular weight is 371 g/mol. The van der Waals surface area contributed by atoms with E-state index in [1.807, 2.05) is 30.3 Å². The largest absolute Gasteiger partial charge is 0.326 e. The fourth-order valence-electron chi connectivity index (χ4n) is 3.41. The van der Waals surface area contributed by atoms with Crippen LogP contribution >= 0.6 is 11.6 Å². The third-order valence-corrected chi connectivity index (χ3v) is 5.85. The quantitative estimate of drug-likeness (QED) is 0.789. The Kier molecular flexibility index (Phi) is 6.00. The maximum absolute atomic E-state index is 12.8. The molecule has 1 heterocycles. The Hall–Kier alpha value is -1.84. The van der Waals surface area contributed by atoms with Crippen LogP contribution in [0.2, 0.25) is 5.02 Å². The fourth-order valence-corrected chi connectivity index (χ4v) is 3.60. The lowest BCUT2D eigenvalue weighted by Crippen LogP contribution is -2.44. The van der Waals surface area contributed by atoms with Gasteiger partial charge >= 0.3 is 0 Å². The molecule has 0 spiro atoms. The van der Waals surface area contributed by atoms with Gasteiger partial charge in [-0.3, -0.25) is 9.69 Å². The van der Waals surface area contributed by atoms with Crippen LogP contribution in [-0.2, 0) is 17.8 Å². The molecule has 138 valence electrons. The van der Waals surface area contributed by atoms with E-state index in [-0.39, 0.29) is 11.3 Å². The summed E-state index contributed by atoms with van der Waals surface area (Å²) in [5, 5.41) is 3.91. The zero-order valence-corrected chi connectivity index (χ0v) is 16.4. The fraction of sp³-hybridized carbons (Fsp3) is 0.409. The van der Waals surface area contributed by atoms with Crippen LogP contribution in [0.3, 0.4) is 0 Å². The molecule has 0 aromatic heterocycles. The van der Waals surface area contributed by atoms with E-state index in [1.54, 1.807) is 0 Å². The Balaban J connectivity index is 1.56. The van der Waals surface area contributed by atoms with Gasteiger partial charge in [-0.1, -0.05) is 55.8 Å². The minimum Gasteiger partial charge on any atom is -0.326 e. The number of anilines is 1. The van der Waals surface area contributed by atoms with E-state index < -0.39 is 0 Å². The van der Waals surface area contributed by atoms with Crippen molar-refractivity contribution in [3.05, 3.63) is 64.7 Å². The van der Waals surface area contributed by atoms with Gasteiger partial charge in [0, 0.05) is 22.7 Å².